The Morgan fingerprint density at radius 1 is 1.16 bits per heavy atom. The van der Waals surface area contributed by atoms with Gasteiger partial charge in [-0.25, -0.2) is 4.99 Å². The van der Waals surface area contributed by atoms with Crippen molar-refractivity contribution in [3.63, 3.8) is 0 Å². The van der Waals surface area contributed by atoms with Crippen LogP contribution in [0.2, 0.25) is 0 Å². The highest BCUT2D eigenvalue weighted by Gasteiger charge is 2.28. The Bertz CT molecular complexity index is 545. The normalized spacial score (nSPS) is 26.2. The molecule has 2 aliphatic rings. The lowest BCUT2D eigenvalue weighted by atomic mass is 9.92. The third-order valence-corrected chi connectivity index (χ3v) is 4.22. The van der Waals surface area contributed by atoms with Crippen LogP contribution in [0.25, 0.3) is 0 Å². The molecule has 0 radical (unpaired) electrons. The number of rotatable bonds is 2. The fourth-order valence-corrected chi connectivity index (χ4v) is 3.07. The van der Waals surface area contributed by atoms with E-state index in [1.54, 1.807) is 0 Å². The number of hydrogen-bond donors (Lipinski definition) is 0. The van der Waals surface area contributed by atoms with E-state index < -0.39 is 0 Å². The fraction of sp³-hybridized carbons (Fsp3) is 0.438. The molecule has 2 atom stereocenters. The van der Waals surface area contributed by atoms with Gasteiger partial charge in [-0.1, -0.05) is 42.5 Å². The van der Waals surface area contributed by atoms with Gasteiger partial charge in [-0.3, -0.25) is 4.99 Å². The minimum absolute atomic E-state index is 0.293. The van der Waals surface area contributed by atoms with Crippen LogP contribution in [0.15, 0.2) is 40.3 Å². The molecule has 2 unspecified atom stereocenters. The molecule has 2 nitrogen and oxygen atoms in total. The molecule has 1 heterocycles. The highest BCUT2D eigenvalue weighted by molar-refractivity contribution is 7.82. The number of fused-ring (bicyclic) bond motifs is 1. The lowest BCUT2D eigenvalue weighted by Crippen LogP contribution is -2.12. The largest absolute Gasteiger partial charge is 0.256 e. The zero-order chi connectivity index (χ0) is 13.2. The number of benzene rings is 1. The smallest absolute Gasteiger partial charge is 0.161 e. The van der Waals surface area contributed by atoms with Crippen LogP contribution in [-0.2, 0) is 0 Å². The van der Waals surface area contributed by atoms with Crippen molar-refractivity contribution in [3.05, 3.63) is 35.9 Å². The van der Waals surface area contributed by atoms with Crippen LogP contribution < -0.4 is 0 Å². The van der Waals surface area contributed by atoms with Gasteiger partial charge in [-0.15, -0.1) is 0 Å². The predicted octanol–water partition coefficient (Wildman–Crippen LogP) is 3.96. The van der Waals surface area contributed by atoms with E-state index in [2.05, 4.69) is 40.3 Å². The molecule has 0 spiro atoms. The highest BCUT2D eigenvalue weighted by atomic mass is 32.1. The third-order valence-electron chi connectivity index (χ3n) is 4.04. The minimum atomic E-state index is 0.293. The molecule has 1 aliphatic carbocycles. The molecule has 0 saturated heterocycles. The summed E-state index contributed by atoms with van der Waals surface area (Å²) in [6, 6.07) is 11.1. The summed E-state index contributed by atoms with van der Waals surface area (Å²) in [5, 5.41) is 0. The molecule has 1 aliphatic heterocycles. The first kappa shape index (κ1) is 12.7. The lowest BCUT2D eigenvalue weighted by molar-refractivity contribution is 0.580. The lowest BCUT2D eigenvalue weighted by Gasteiger charge is -2.13. The molecule has 1 fully saturated rings. The van der Waals surface area contributed by atoms with Crippen molar-refractivity contribution in [1.82, 2.24) is 0 Å². The summed E-state index contributed by atoms with van der Waals surface area (Å²) in [4.78, 5) is 10.1. The van der Waals surface area contributed by atoms with E-state index in [1.807, 2.05) is 6.92 Å². The van der Waals surface area contributed by atoms with Crippen molar-refractivity contribution < 1.29 is 0 Å². The standard InChI is InChI=1S/C16H18N2S/c1-11(19)16-17-14-9-7-13(8-10-15(14)18-16)12-5-3-2-4-6-12/h2-6,13-14H,7-10H2,1H3. The molecule has 1 aromatic carbocycles. The molecule has 1 saturated carbocycles. The number of aliphatic imine (C=N–C) groups is 2. The molecule has 0 bridgehead atoms. The van der Waals surface area contributed by atoms with Crippen molar-refractivity contribution in [2.45, 2.75) is 44.6 Å². The molecule has 98 valence electrons. The van der Waals surface area contributed by atoms with Crippen LogP contribution in [0, 0.1) is 0 Å². The summed E-state index contributed by atoms with van der Waals surface area (Å²) in [6.45, 7) is 1.91. The fourth-order valence-electron chi connectivity index (χ4n) is 2.97. The second-order valence-corrected chi connectivity index (χ2v) is 5.96. The van der Waals surface area contributed by atoms with Gasteiger partial charge < -0.3 is 0 Å². The number of amidine groups is 1. The zero-order valence-electron chi connectivity index (χ0n) is 11.2. The number of thiocarbonyl (C=S) groups is 1. The van der Waals surface area contributed by atoms with Gasteiger partial charge in [0.25, 0.3) is 0 Å². The molecule has 19 heavy (non-hydrogen) atoms. The summed E-state index contributed by atoms with van der Waals surface area (Å²) in [7, 11) is 0. The Labute approximate surface area is 119 Å². The topological polar surface area (TPSA) is 24.7 Å². The van der Waals surface area contributed by atoms with Gasteiger partial charge in [0.1, 0.15) is 0 Å². The summed E-state index contributed by atoms with van der Waals surface area (Å²) >= 11 is 5.17. The van der Waals surface area contributed by atoms with Crippen LogP contribution in [-0.4, -0.2) is 22.5 Å². The second kappa shape index (κ2) is 5.33. The van der Waals surface area contributed by atoms with Crippen molar-refractivity contribution in [2.24, 2.45) is 9.98 Å². The molecule has 0 aromatic heterocycles. The molecule has 3 rings (SSSR count). The van der Waals surface area contributed by atoms with E-state index in [4.69, 9.17) is 12.2 Å². The summed E-state index contributed by atoms with van der Waals surface area (Å²) < 4.78 is 0. The first-order valence-electron chi connectivity index (χ1n) is 6.95. The Balaban J connectivity index is 1.74. The predicted molar refractivity (Wildman–Crippen MR) is 84.6 cm³/mol. The summed E-state index contributed by atoms with van der Waals surface area (Å²) in [5.41, 5.74) is 2.70. The quantitative estimate of drug-likeness (QED) is 0.747. The van der Waals surface area contributed by atoms with E-state index in [9.17, 15) is 0 Å². The Kier molecular flexibility index (Phi) is 3.56. The average molecular weight is 270 g/mol. The monoisotopic (exact) mass is 270 g/mol. The maximum absolute atomic E-state index is 5.17. The van der Waals surface area contributed by atoms with E-state index in [0.29, 0.717) is 12.0 Å². The second-order valence-electron chi connectivity index (χ2n) is 5.35. The van der Waals surface area contributed by atoms with Crippen molar-refractivity contribution in [2.75, 3.05) is 0 Å². The third kappa shape index (κ3) is 2.66. The first-order valence-corrected chi connectivity index (χ1v) is 7.36. The molecule has 0 amide bonds. The van der Waals surface area contributed by atoms with Gasteiger partial charge in [-0.05, 0) is 44.1 Å². The van der Waals surface area contributed by atoms with Crippen LogP contribution in [0.5, 0.6) is 0 Å². The molecular weight excluding hydrogens is 252 g/mol. The maximum Gasteiger partial charge on any atom is 0.161 e. The molecular formula is C16H18N2S. The number of hydrogen-bond acceptors (Lipinski definition) is 3. The molecule has 0 N–H and O–H groups in total. The van der Waals surface area contributed by atoms with Gasteiger partial charge in [0.2, 0.25) is 0 Å². The van der Waals surface area contributed by atoms with E-state index >= 15 is 0 Å². The summed E-state index contributed by atoms with van der Waals surface area (Å²) in [5.74, 6) is 1.45. The Hall–Kier alpha value is -1.35. The van der Waals surface area contributed by atoms with Crippen molar-refractivity contribution in [1.29, 1.82) is 0 Å². The van der Waals surface area contributed by atoms with Gasteiger partial charge >= 0.3 is 0 Å². The molecule has 3 heteroatoms. The average Bonchev–Trinajstić information content (AvgIpc) is 2.74. The van der Waals surface area contributed by atoms with Gasteiger partial charge in [0.05, 0.1) is 10.9 Å². The maximum atomic E-state index is 5.17. The molecule has 1 aromatic rings. The Morgan fingerprint density at radius 3 is 2.68 bits per heavy atom. The first-order chi connectivity index (χ1) is 9.24. The van der Waals surface area contributed by atoms with Gasteiger partial charge in [-0.2, -0.15) is 0 Å². The highest BCUT2D eigenvalue weighted by Crippen LogP contribution is 2.33. The van der Waals surface area contributed by atoms with Crippen LogP contribution >= 0.6 is 12.2 Å². The van der Waals surface area contributed by atoms with Crippen molar-refractivity contribution >= 4 is 28.6 Å². The Morgan fingerprint density at radius 2 is 1.95 bits per heavy atom. The van der Waals surface area contributed by atoms with Gasteiger partial charge in [0, 0.05) is 5.71 Å². The van der Waals surface area contributed by atoms with Crippen LogP contribution in [0.1, 0.15) is 44.1 Å². The SMILES string of the molecule is CC(=S)C1=NC2CCC(c3ccccc3)CCC2=N1. The van der Waals surface area contributed by atoms with Crippen LogP contribution in [0.4, 0.5) is 0 Å². The van der Waals surface area contributed by atoms with Crippen molar-refractivity contribution in [3.8, 4) is 0 Å². The van der Waals surface area contributed by atoms with E-state index in [1.165, 1.54) is 24.1 Å². The van der Waals surface area contributed by atoms with E-state index in [0.717, 1.165) is 23.5 Å². The van der Waals surface area contributed by atoms with E-state index in [-0.39, 0.29) is 0 Å². The zero-order valence-corrected chi connectivity index (χ0v) is 12.0. The number of nitrogens with zero attached hydrogens (tertiary/aromatic N) is 2. The van der Waals surface area contributed by atoms with Crippen LogP contribution in [0.3, 0.4) is 0 Å². The van der Waals surface area contributed by atoms with Gasteiger partial charge in [0.15, 0.2) is 5.84 Å². The minimum Gasteiger partial charge on any atom is -0.256 e. The summed E-state index contributed by atoms with van der Waals surface area (Å²) in [6.07, 6.45) is 4.53.